The molecule has 1 aliphatic carbocycles. The highest BCUT2D eigenvalue weighted by Crippen LogP contribution is 2.23. The number of rotatable bonds is 6. The van der Waals surface area contributed by atoms with Crippen molar-refractivity contribution in [2.24, 2.45) is 16.8 Å². The van der Waals surface area contributed by atoms with Gasteiger partial charge in [0.1, 0.15) is 12.4 Å². The molecule has 0 unspecified atom stereocenters. The summed E-state index contributed by atoms with van der Waals surface area (Å²) in [6.45, 7) is 11.4. The van der Waals surface area contributed by atoms with E-state index in [1.807, 2.05) is 12.4 Å². The van der Waals surface area contributed by atoms with E-state index in [9.17, 15) is 0 Å². The molecule has 1 fully saturated rings. The number of hydrogen-bond acceptors (Lipinski definition) is 2. The number of guanidine groups is 1. The van der Waals surface area contributed by atoms with Gasteiger partial charge in [0.2, 0.25) is 0 Å². The molecule has 1 heterocycles. The second-order valence-corrected chi connectivity index (χ2v) is 7.19. The van der Waals surface area contributed by atoms with Gasteiger partial charge in [-0.05, 0) is 44.4 Å². The van der Waals surface area contributed by atoms with Crippen molar-refractivity contribution in [1.82, 2.24) is 20.2 Å². The Bertz CT molecular complexity index is 483. The molecular formula is C18H33N5. The zero-order valence-electron chi connectivity index (χ0n) is 15.2. The average Bonchev–Trinajstić information content (AvgIpc) is 2.94. The molecule has 1 aliphatic rings. The molecule has 5 heteroatoms. The number of aromatic nitrogens is 2. The Labute approximate surface area is 141 Å². The van der Waals surface area contributed by atoms with Crippen molar-refractivity contribution in [2.45, 2.75) is 72.5 Å². The third-order valence-corrected chi connectivity index (χ3v) is 4.44. The molecule has 1 aromatic heterocycles. The van der Waals surface area contributed by atoms with Crippen LogP contribution in [-0.2, 0) is 13.1 Å². The smallest absolute Gasteiger partial charge is 0.191 e. The topological polar surface area (TPSA) is 54.2 Å². The maximum Gasteiger partial charge on any atom is 0.191 e. The first-order valence-corrected chi connectivity index (χ1v) is 9.13. The van der Waals surface area contributed by atoms with Gasteiger partial charge >= 0.3 is 0 Å². The quantitative estimate of drug-likeness (QED) is 0.625. The molecular weight excluding hydrogens is 286 g/mol. The van der Waals surface area contributed by atoms with E-state index in [0.29, 0.717) is 18.5 Å². The maximum absolute atomic E-state index is 4.75. The zero-order chi connectivity index (χ0) is 16.7. The molecule has 0 bridgehead atoms. The first-order chi connectivity index (χ1) is 11.1. The van der Waals surface area contributed by atoms with E-state index in [4.69, 9.17) is 4.99 Å². The van der Waals surface area contributed by atoms with E-state index in [1.54, 1.807) is 0 Å². The molecule has 5 nitrogen and oxygen atoms in total. The van der Waals surface area contributed by atoms with Crippen LogP contribution >= 0.6 is 0 Å². The van der Waals surface area contributed by atoms with Crippen LogP contribution in [0.25, 0.3) is 0 Å². The molecule has 2 rings (SSSR count). The van der Waals surface area contributed by atoms with Gasteiger partial charge in [-0.2, -0.15) is 0 Å². The van der Waals surface area contributed by atoms with Crippen molar-refractivity contribution in [3.8, 4) is 0 Å². The molecule has 130 valence electrons. The van der Waals surface area contributed by atoms with Crippen molar-refractivity contribution < 1.29 is 0 Å². The van der Waals surface area contributed by atoms with E-state index >= 15 is 0 Å². The minimum absolute atomic E-state index is 0.555. The van der Waals surface area contributed by atoms with Crippen LogP contribution in [0.4, 0.5) is 0 Å². The summed E-state index contributed by atoms with van der Waals surface area (Å²) >= 11 is 0. The van der Waals surface area contributed by atoms with Gasteiger partial charge in [-0.25, -0.2) is 9.98 Å². The summed E-state index contributed by atoms with van der Waals surface area (Å²) in [6, 6.07) is 0.555. The second-order valence-electron chi connectivity index (χ2n) is 7.19. The van der Waals surface area contributed by atoms with Gasteiger partial charge < -0.3 is 15.2 Å². The SMILES string of the molecule is CCNC(=NCc1nccn1CC(C)C)NC1CCC(C)CC1. The Balaban J connectivity index is 1.94. The first-order valence-electron chi connectivity index (χ1n) is 9.13. The summed E-state index contributed by atoms with van der Waals surface area (Å²) in [5.74, 6) is 3.44. The zero-order valence-corrected chi connectivity index (χ0v) is 15.2. The average molecular weight is 319 g/mol. The Hall–Kier alpha value is -1.52. The van der Waals surface area contributed by atoms with E-state index < -0.39 is 0 Å². The highest BCUT2D eigenvalue weighted by molar-refractivity contribution is 5.80. The van der Waals surface area contributed by atoms with E-state index in [-0.39, 0.29) is 0 Å². The molecule has 23 heavy (non-hydrogen) atoms. The van der Waals surface area contributed by atoms with Gasteiger partial charge in [0.15, 0.2) is 5.96 Å². The number of nitrogens with one attached hydrogen (secondary N) is 2. The van der Waals surface area contributed by atoms with Crippen LogP contribution in [0.3, 0.4) is 0 Å². The molecule has 1 aromatic rings. The van der Waals surface area contributed by atoms with Gasteiger partial charge in [0.25, 0.3) is 0 Å². The number of nitrogens with zero attached hydrogens (tertiary/aromatic N) is 3. The Morgan fingerprint density at radius 1 is 1.35 bits per heavy atom. The second kappa shape index (κ2) is 8.94. The molecule has 0 atom stereocenters. The lowest BCUT2D eigenvalue weighted by Gasteiger charge is -2.28. The van der Waals surface area contributed by atoms with Crippen molar-refractivity contribution in [1.29, 1.82) is 0 Å². The molecule has 2 N–H and O–H groups in total. The van der Waals surface area contributed by atoms with Crippen molar-refractivity contribution in [3.05, 3.63) is 18.2 Å². The third-order valence-electron chi connectivity index (χ3n) is 4.44. The van der Waals surface area contributed by atoms with E-state index in [2.05, 4.69) is 47.9 Å². The maximum atomic E-state index is 4.75. The molecule has 0 spiro atoms. The lowest BCUT2D eigenvalue weighted by molar-refractivity contribution is 0.329. The van der Waals surface area contributed by atoms with Crippen LogP contribution in [0.1, 0.15) is 59.2 Å². The minimum Gasteiger partial charge on any atom is -0.357 e. The minimum atomic E-state index is 0.555. The normalized spacial score (nSPS) is 22.4. The molecule has 0 amide bonds. The van der Waals surface area contributed by atoms with Crippen molar-refractivity contribution >= 4 is 5.96 Å². The van der Waals surface area contributed by atoms with Gasteiger partial charge in [0, 0.05) is 31.5 Å². The van der Waals surface area contributed by atoms with Crippen LogP contribution in [0.15, 0.2) is 17.4 Å². The lowest BCUT2D eigenvalue weighted by atomic mass is 9.87. The summed E-state index contributed by atoms with van der Waals surface area (Å²) < 4.78 is 2.21. The van der Waals surface area contributed by atoms with Crippen molar-refractivity contribution in [2.75, 3.05) is 6.54 Å². The summed E-state index contributed by atoms with van der Waals surface area (Å²) in [7, 11) is 0. The van der Waals surface area contributed by atoms with Gasteiger partial charge in [-0.1, -0.05) is 20.8 Å². The Morgan fingerprint density at radius 2 is 2.09 bits per heavy atom. The molecule has 1 saturated carbocycles. The van der Waals surface area contributed by atoms with Crippen LogP contribution < -0.4 is 10.6 Å². The highest BCUT2D eigenvalue weighted by atomic mass is 15.2. The Morgan fingerprint density at radius 3 is 2.74 bits per heavy atom. The Kier molecular flexibility index (Phi) is 6.93. The largest absolute Gasteiger partial charge is 0.357 e. The van der Waals surface area contributed by atoms with E-state index in [1.165, 1.54) is 25.7 Å². The number of imidazole rings is 1. The summed E-state index contributed by atoms with van der Waals surface area (Å²) in [5, 5.41) is 6.97. The summed E-state index contributed by atoms with van der Waals surface area (Å²) in [5.41, 5.74) is 0. The molecule has 0 aromatic carbocycles. The van der Waals surface area contributed by atoms with Gasteiger partial charge in [-0.15, -0.1) is 0 Å². The molecule has 0 radical (unpaired) electrons. The summed E-state index contributed by atoms with van der Waals surface area (Å²) in [4.78, 5) is 9.21. The lowest BCUT2D eigenvalue weighted by Crippen LogP contribution is -2.44. The summed E-state index contributed by atoms with van der Waals surface area (Å²) in [6.07, 6.45) is 9.04. The molecule has 0 saturated heterocycles. The van der Waals surface area contributed by atoms with Crippen LogP contribution in [0.5, 0.6) is 0 Å². The fourth-order valence-corrected chi connectivity index (χ4v) is 3.12. The van der Waals surface area contributed by atoms with Crippen LogP contribution in [0.2, 0.25) is 0 Å². The monoisotopic (exact) mass is 319 g/mol. The van der Waals surface area contributed by atoms with Crippen LogP contribution in [-0.4, -0.2) is 28.1 Å². The van der Waals surface area contributed by atoms with E-state index in [0.717, 1.165) is 30.8 Å². The first kappa shape index (κ1) is 17.8. The number of hydrogen-bond donors (Lipinski definition) is 2. The fraction of sp³-hybridized carbons (Fsp3) is 0.778. The molecule has 0 aliphatic heterocycles. The van der Waals surface area contributed by atoms with Gasteiger partial charge in [0.05, 0.1) is 0 Å². The number of aliphatic imine (C=N–C) groups is 1. The predicted octanol–water partition coefficient (Wildman–Crippen LogP) is 3.17. The highest BCUT2D eigenvalue weighted by Gasteiger charge is 2.18. The third kappa shape index (κ3) is 5.88. The van der Waals surface area contributed by atoms with Gasteiger partial charge in [-0.3, -0.25) is 0 Å². The van der Waals surface area contributed by atoms with Crippen LogP contribution in [0, 0.1) is 11.8 Å². The fourth-order valence-electron chi connectivity index (χ4n) is 3.12. The van der Waals surface area contributed by atoms with Crippen molar-refractivity contribution in [3.63, 3.8) is 0 Å². The standard InChI is InChI=1S/C18H33N5/c1-5-19-18(22-16-8-6-15(4)7-9-16)21-12-17-20-10-11-23(17)13-14(2)3/h10-11,14-16H,5-9,12-13H2,1-4H3,(H2,19,21,22). The predicted molar refractivity (Wildman–Crippen MR) is 96.4 cm³/mol.